The predicted octanol–water partition coefficient (Wildman–Crippen LogP) is 1.36. The van der Waals surface area contributed by atoms with Crippen LogP contribution >= 0.6 is 0 Å². The van der Waals surface area contributed by atoms with Crippen molar-refractivity contribution in [3.8, 4) is 11.5 Å². The average molecular weight is 409 g/mol. The number of hydrogen-bond acceptors (Lipinski definition) is 6. The van der Waals surface area contributed by atoms with Gasteiger partial charge in [0.25, 0.3) is 10.0 Å². The molecule has 1 fully saturated rings. The summed E-state index contributed by atoms with van der Waals surface area (Å²) >= 11 is 0. The van der Waals surface area contributed by atoms with Crippen LogP contribution in [0.15, 0.2) is 35.7 Å². The van der Waals surface area contributed by atoms with Crippen molar-refractivity contribution in [1.29, 1.82) is 0 Å². The summed E-state index contributed by atoms with van der Waals surface area (Å²) < 4.78 is 37.0. The molecule has 1 aromatic heterocycles. The topological polar surface area (TPSA) is 117 Å². The van der Waals surface area contributed by atoms with E-state index in [1.54, 1.807) is 23.1 Å². The van der Waals surface area contributed by atoms with Crippen molar-refractivity contribution in [2.75, 3.05) is 45.7 Å². The standard InChI is InChI=1S/C17H23N5O5S/c1-26-14-5-4-13(10-15(14)27-2)20-17(23)21-6-3-7-22(9-8-21)28(24,25)16-11-18-12-19-16/h4-5,10-12H,3,6-9H2,1-2H3,(H,18,19)(H,20,23). The van der Waals surface area contributed by atoms with E-state index >= 15 is 0 Å². The van der Waals surface area contributed by atoms with Gasteiger partial charge < -0.3 is 24.7 Å². The minimum Gasteiger partial charge on any atom is -0.493 e. The van der Waals surface area contributed by atoms with E-state index < -0.39 is 10.0 Å². The fraction of sp³-hybridized carbons (Fsp3) is 0.412. The summed E-state index contributed by atoms with van der Waals surface area (Å²) in [5, 5.41) is 2.87. The maximum absolute atomic E-state index is 12.6. The van der Waals surface area contributed by atoms with Gasteiger partial charge in [0.05, 0.1) is 26.7 Å². The van der Waals surface area contributed by atoms with E-state index in [0.29, 0.717) is 36.7 Å². The number of sulfonamides is 1. The third-order valence-electron chi connectivity index (χ3n) is 4.47. The van der Waals surface area contributed by atoms with Crippen LogP contribution in [0, 0.1) is 0 Å². The van der Waals surface area contributed by atoms with Crippen LogP contribution in [0.3, 0.4) is 0 Å². The highest BCUT2D eigenvalue weighted by atomic mass is 32.2. The van der Waals surface area contributed by atoms with Crippen LogP contribution in [0.1, 0.15) is 6.42 Å². The lowest BCUT2D eigenvalue weighted by molar-refractivity contribution is 0.214. The van der Waals surface area contributed by atoms with Gasteiger partial charge in [0.2, 0.25) is 0 Å². The Kier molecular flexibility index (Phi) is 6.05. The Morgan fingerprint density at radius 2 is 1.93 bits per heavy atom. The van der Waals surface area contributed by atoms with E-state index in [2.05, 4.69) is 15.3 Å². The number of carbonyl (C=O) groups is 1. The van der Waals surface area contributed by atoms with Gasteiger partial charge in [-0.1, -0.05) is 0 Å². The second kappa shape index (κ2) is 8.48. The molecule has 1 aliphatic heterocycles. The maximum atomic E-state index is 12.6. The third-order valence-corrected chi connectivity index (χ3v) is 6.29. The monoisotopic (exact) mass is 409 g/mol. The molecule has 0 aliphatic carbocycles. The average Bonchev–Trinajstić information content (AvgIpc) is 3.13. The molecule has 0 atom stereocenters. The summed E-state index contributed by atoms with van der Waals surface area (Å²) in [6, 6.07) is 4.79. The first-order valence-corrected chi connectivity index (χ1v) is 10.2. The number of H-pyrrole nitrogens is 1. The molecule has 2 amide bonds. The van der Waals surface area contributed by atoms with Crippen molar-refractivity contribution >= 4 is 21.7 Å². The number of nitrogens with zero attached hydrogens (tertiary/aromatic N) is 3. The minimum atomic E-state index is -3.64. The molecule has 3 rings (SSSR count). The molecule has 1 aromatic carbocycles. The molecule has 0 saturated carbocycles. The van der Waals surface area contributed by atoms with E-state index in [9.17, 15) is 13.2 Å². The zero-order chi connectivity index (χ0) is 20.1. The van der Waals surface area contributed by atoms with Crippen LogP contribution in [0.5, 0.6) is 11.5 Å². The number of aromatic amines is 1. The summed E-state index contributed by atoms with van der Waals surface area (Å²) in [5.41, 5.74) is 0.564. The van der Waals surface area contributed by atoms with Gasteiger partial charge in [-0.3, -0.25) is 0 Å². The highest BCUT2D eigenvalue weighted by molar-refractivity contribution is 7.89. The number of ether oxygens (including phenoxy) is 2. The number of amides is 2. The van der Waals surface area contributed by atoms with Gasteiger partial charge in [-0.05, 0) is 18.6 Å². The van der Waals surface area contributed by atoms with Crippen molar-refractivity contribution in [3.63, 3.8) is 0 Å². The first-order chi connectivity index (χ1) is 13.5. The van der Waals surface area contributed by atoms with Crippen molar-refractivity contribution in [2.24, 2.45) is 0 Å². The van der Waals surface area contributed by atoms with Gasteiger partial charge in [-0.15, -0.1) is 0 Å². The van der Waals surface area contributed by atoms with Gasteiger partial charge in [0.1, 0.15) is 0 Å². The number of urea groups is 1. The molecule has 0 bridgehead atoms. The Morgan fingerprint density at radius 3 is 2.61 bits per heavy atom. The second-order valence-electron chi connectivity index (χ2n) is 6.16. The van der Waals surface area contributed by atoms with Crippen molar-refractivity contribution < 1.29 is 22.7 Å². The van der Waals surface area contributed by atoms with E-state index in [-0.39, 0.29) is 24.1 Å². The smallest absolute Gasteiger partial charge is 0.321 e. The Labute approximate surface area is 163 Å². The lowest BCUT2D eigenvalue weighted by Crippen LogP contribution is -2.39. The molecule has 152 valence electrons. The maximum Gasteiger partial charge on any atom is 0.321 e. The first kappa shape index (κ1) is 20.0. The van der Waals surface area contributed by atoms with E-state index in [1.807, 2.05) is 0 Å². The highest BCUT2D eigenvalue weighted by Crippen LogP contribution is 2.29. The number of rotatable bonds is 5. The molecule has 2 N–H and O–H groups in total. The van der Waals surface area contributed by atoms with Gasteiger partial charge in [0.15, 0.2) is 16.5 Å². The van der Waals surface area contributed by atoms with E-state index in [4.69, 9.17) is 9.47 Å². The molecule has 10 nitrogen and oxygen atoms in total. The number of carbonyl (C=O) groups excluding carboxylic acids is 1. The lowest BCUT2D eigenvalue weighted by Gasteiger charge is -2.22. The first-order valence-electron chi connectivity index (χ1n) is 8.72. The van der Waals surface area contributed by atoms with Crippen molar-refractivity contribution in [3.05, 3.63) is 30.7 Å². The molecule has 2 heterocycles. The van der Waals surface area contributed by atoms with Gasteiger partial charge >= 0.3 is 6.03 Å². The van der Waals surface area contributed by atoms with Gasteiger partial charge in [0, 0.05) is 37.9 Å². The normalized spacial score (nSPS) is 15.7. The molecule has 1 aliphatic rings. The number of methoxy groups -OCH3 is 2. The van der Waals surface area contributed by atoms with Gasteiger partial charge in [-0.25, -0.2) is 18.2 Å². The van der Waals surface area contributed by atoms with Crippen LogP contribution < -0.4 is 14.8 Å². The van der Waals surface area contributed by atoms with Crippen molar-refractivity contribution in [2.45, 2.75) is 11.4 Å². The Bertz CT molecular complexity index is 916. The summed E-state index contributed by atoms with van der Waals surface area (Å²) in [6.07, 6.45) is 3.14. The second-order valence-corrected chi connectivity index (χ2v) is 8.07. The zero-order valence-corrected chi connectivity index (χ0v) is 16.5. The SMILES string of the molecule is COc1ccc(NC(=O)N2CCCN(S(=O)(=O)c3cnc[nH]3)CC2)cc1OC. The largest absolute Gasteiger partial charge is 0.493 e. The highest BCUT2D eigenvalue weighted by Gasteiger charge is 2.29. The molecule has 11 heteroatoms. The molecule has 2 aromatic rings. The Hall–Kier alpha value is -2.79. The number of nitrogens with one attached hydrogen (secondary N) is 2. The number of hydrogen-bond donors (Lipinski definition) is 2. The van der Waals surface area contributed by atoms with Crippen molar-refractivity contribution in [1.82, 2.24) is 19.2 Å². The summed E-state index contributed by atoms with van der Waals surface area (Å²) in [4.78, 5) is 20.6. The molecule has 0 unspecified atom stereocenters. The molecule has 1 saturated heterocycles. The summed E-state index contributed by atoms with van der Waals surface area (Å²) in [5.74, 6) is 1.07. The summed E-state index contributed by atoms with van der Waals surface area (Å²) in [7, 11) is -0.581. The van der Waals surface area contributed by atoms with Gasteiger partial charge in [-0.2, -0.15) is 4.31 Å². The van der Waals surface area contributed by atoms with Crippen LogP contribution in [-0.4, -0.2) is 74.0 Å². The fourth-order valence-electron chi connectivity index (χ4n) is 2.98. The molecule has 0 radical (unpaired) electrons. The number of anilines is 1. The molecular formula is C17H23N5O5S. The fourth-order valence-corrected chi connectivity index (χ4v) is 4.34. The predicted molar refractivity (Wildman–Crippen MR) is 102 cm³/mol. The molecule has 28 heavy (non-hydrogen) atoms. The van der Waals surface area contributed by atoms with E-state index in [1.165, 1.54) is 31.0 Å². The minimum absolute atomic E-state index is 0.0516. The van der Waals surface area contributed by atoms with Crippen LogP contribution in [-0.2, 0) is 10.0 Å². The van der Waals surface area contributed by atoms with Crippen LogP contribution in [0.2, 0.25) is 0 Å². The third kappa shape index (κ3) is 4.20. The molecular weight excluding hydrogens is 386 g/mol. The van der Waals surface area contributed by atoms with Crippen LogP contribution in [0.4, 0.5) is 10.5 Å². The Morgan fingerprint density at radius 1 is 1.14 bits per heavy atom. The quantitative estimate of drug-likeness (QED) is 0.770. The van der Waals surface area contributed by atoms with E-state index in [0.717, 1.165) is 0 Å². The number of aromatic nitrogens is 2. The summed E-state index contributed by atoms with van der Waals surface area (Å²) in [6.45, 7) is 1.28. The number of benzene rings is 1. The zero-order valence-electron chi connectivity index (χ0n) is 15.7. The number of imidazole rings is 1. The molecule has 0 spiro atoms. The van der Waals surface area contributed by atoms with Crippen LogP contribution in [0.25, 0.3) is 0 Å². The Balaban J connectivity index is 1.65. The lowest BCUT2D eigenvalue weighted by atomic mass is 10.2.